The highest BCUT2D eigenvalue weighted by Gasteiger charge is 2.19. The largest absolute Gasteiger partial charge is 0.496 e. The SMILES string of the molecule is CCc1nc(CCNC(=O)NCC(c2ccccc2OC)N(C)C)sc1C. The van der Waals surface area contributed by atoms with Crippen molar-refractivity contribution < 1.29 is 9.53 Å². The number of carbonyl (C=O) groups excluding carboxylic acids is 1. The molecule has 7 heteroatoms. The fourth-order valence-corrected chi connectivity index (χ4v) is 3.99. The zero-order valence-electron chi connectivity index (χ0n) is 16.8. The van der Waals surface area contributed by atoms with Gasteiger partial charge in [0.1, 0.15) is 5.75 Å². The normalized spacial score (nSPS) is 12.1. The molecule has 2 rings (SSSR count). The molecule has 148 valence electrons. The van der Waals surface area contributed by atoms with Crippen molar-refractivity contribution in [3.05, 3.63) is 45.4 Å². The summed E-state index contributed by atoms with van der Waals surface area (Å²) < 4.78 is 5.46. The molecule has 27 heavy (non-hydrogen) atoms. The molecule has 0 bridgehead atoms. The zero-order chi connectivity index (χ0) is 19.8. The van der Waals surface area contributed by atoms with Crippen LogP contribution in [-0.4, -0.2) is 50.2 Å². The molecule has 1 aromatic carbocycles. The number of thiazole rings is 1. The summed E-state index contributed by atoms with van der Waals surface area (Å²) in [5.74, 6) is 0.823. The van der Waals surface area contributed by atoms with E-state index < -0.39 is 0 Å². The molecule has 1 heterocycles. The van der Waals surface area contributed by atoms with Crippen LogP contribution in [-0.2, 0) is 12.8 Å². The topological polar surface area (TPSA) is 66.5 Å². The van der Waals surface area contributed by atoms with Crippen molar-refractivity contribution in [3.8, 4) is 5.75 Å². The zero-order valence-corrected chi connectivity index (χ0v) is 17.7. The van der Waals surface area contributed by atoms with Gasteiger partial charge in [-0.1, -0.05) is 25.1 Å². The number of rotatable bonds is 9. The second-order valence-electron chi connectivity index (χ2n) is 6.57. The average Bonchev–Trinajstić information content (AvgIpc) is 3.01. The van der Waals surface area contributed by atoms with Crippen molar-refractivity contribution in [2.24, 2.45) is 0 Å². The number of methoxy groups -OCH3 is 1. The number of nitrogens with zero attached hydrogens (tertiary/aromatic N) is 2. The van der Waals surface area contributed by atoms with Crippen LogP contribution >= 0.6 is 11.3 Å². The van der Waals surface area contributed by atoms with E-state index in [1.807, 2.05) is 38.4 Å². The van der Waals surface area contributed by atoms with E-state index in [1.165, 1.54) is 4.88 Å². The van der Waals surface area contributed by atoms with E-state index in [2.05, 4.69) is 34.4 Å². The van der Waals surface area contributed by atoms with E-state index in [9.17, 15) is 4.79 Å². The van der Waals surface area contributed by atoms with Crippen LogP contribution in [0.4, 0.5) is 4.79 Å². The smallest absolute Gasteiger partial charge is 0.314 e. The number of aryl methyl sites for hydroxylation is 2. The van der Waals surface area contributed by atoms with Gasteiger partial charge < -0.3 is 20.3 Å². The second kappa shape index (κ2) is 10.3. The summed E-state index contributed by atoms with van der Waals surface area (Å²) >= 11 is 1.71. The number of likely N-dealkylation sites (N-methyl/N-ethyl adjacent to an activating group) is 1. The summed E-state index contributed by atoms with van der Waals surface area (Å²) in [6.07, 6.45) is 1.70. The van der Waals surface area contributed by atoms with Crippen LogP contribution in [0.5, 0.6) is 5.75 Å². The van der Waals surface area contributed by atoms with Crippen LogP contribution < -0.4 is 15.4 Å². The molecule has 0 spiro atoms. The monoisotopic (exact) mass is 390 g/mol. The van der Waals surface area contributed by atoms with Crippen LogP contribution in [0, 0.1) is 6.92 Å². The molecule has 0 saturated heterocycles. The Hall–Kier alpha value is -2.12. The minimum absolute atomic E-state index is 0.0284. The highest BCUT2D eigenvalue weighted by molar-refractivity contribution is 7.11. The Balaban J connectivity index is 1.85. The Kier molecular flexibility index (Phi) is 8.06. The van der Waals surface area contributed by atoms with Crippen molar-refractivity contribution in [3.63, 3.8) is 0 Å². The van der Waals surface area contributed by atoms with E-state index in [0.29, 0.717) is 13.1 Å². The molecule has 2 N–H and O–H groups in total. The third-order valence-corrected chi connectivity index (χ3v) is 5.55. The van der Waals surface area contributed by atoms with E-state index in [0.717, 1.165) is 34.9 Å². The number of hydrogen-bond donors (Lipinski definition) is 2. The van der Waals surface area contributed by atoms with Crippen molar-refractivity contribution in [2.45, 2.75) is 32.7 Å². The van der Waals surface area contributed by atoms with E-state index in [1.54, 1.807) is 18.4 Å². The molecule has 2 amide bonds. The summed E-state index contributed by atoms with van der Waals surface area (Å²) in [5, 5.41) is 6.96. The first-order valence-electron chi connectivity index (χ1n) is 9.22. The summed E-state index contributed by atoms with van der Waals surface area (Å²) in [6, 6.07) is 7.75. The van der Waals surface area contributed by atoms with E-state index >= 15 is 0 Å². The van der Waals surface area contributed by atoms with E-state index in [4.69, 9.17) is 4.74 Å². The lowest BCUT2D eigenvalue weighted by Crippen LogP contribution is -2.41. The maximum absolute atomic E-state index is 12.2. The molecule has 1 unspecified atom stereocenters. The second-order valence-corrected chi connectivity index (χ2v) is 7.86. The van der Waals surface area contributed by atoms with Gasteiger partial charge in [0.15, 0.2) is 0 Å². The predicted molar refractivity (Wildman–Crippen MR) is 111 cm³/mol. The van der Waals surface area contributed by atoms with Gasteiger partial charge in [-0.25, -0.2) is 9.78 Å². The third kappa shape index (κ3) is 5.94. The third-order valence-electron chi connectivity index (χ3n) is 4.47. The maximum atomic E-state index is 12.2. The first-order chi connectivity index (χ1) is 13.0. The minimum Gasteiger partial charge on any atom is -0.496 e. The number of aromatic nitrogens is 1. The molecule has 2 aromatic rings. The van der Waals surface area contributed by atoms with Crippen molar-refractivity contribution in [2.75, 3.05) is 34.3 Å². The van der Waals surface area contributed by atoms with Crippen molar-refractivity contribution >= 4 is 17.4 Å². The quantitative estimate of drug-likeness (QED) is 0.690. The molecule has 0 aliphatic carbocycles. The molecule has 6 nitrogen and oxygen atoms in total. The summed E-state index contributed by atoms with van der Waals surface area (Å²) in [7, 11) is 5.65. The molecular weight excluding hydrogens is 360 g/mol. The van der Waals surface area contributed by atoms with Gasteiger partial charge >= 0.3 is 6.03 Å². The molecule has 0 radical (unpaired) electrons. The van der Waals surface area contributed by atoms with Gasteiger partial charge in [0.2, 0.25) is 0 Å². The van der Waals surface area contributed by atoms with Crippen LogP contribution in [0.3, 0.4) is 0 Å². The predicted octanol–water partition coefficient (Wildman–Crippen LogP) is 3.17. The summed E-state index contributed by atoms with van der Waals surface area (Å²) in [4.78, 5) is 20.1. The van der Waals surface area contributed by atoms with Gasteiger partial charge in [-0.3, -0.25) is 0 Å². The molecular formula is C20H30N4O2S. The van der Waals surface area contributed by atoms with Crippen molar-refractivity contribution in [1.82, 2.24) is 20.5 Å². The highest BCUT2D eigenvalue weighted by Crippen LogP contribution is 2.27. The Labute approximate surface area is 165 Å². The lowest BCUT2D eigenvalue weighted by atomic mass is 10.0. The molecule has 0 saturated carbocycles. The van der Waals surface area contributed by atoms with Gasteiger partial charge in [0.25, 0.3) is 0 Å². The van der Waals surface area contributed by atoms with Crippen LogP contribution in [0.2, 0.25) is 0 Å². The first-order valence-corrected chi connectivity index (χ1v) is 10.0. The Morgan fingerprint density at radius 3 is 2.67 bits per heavy atom. The molecule has 1 aromatic heterocycles. The lowest BCUT2D eigenvalue weighted by molar-refractivity contribution is 0.232. The molecule has 1 atom stereocenters. The molecule has 0 fully saturated rings. The molecule has 0 aliphatic rings. The number of ether oxygens (including phenoxy) is 1. The number of hydrogen-bond acceptors (Lipinski definition) is 5. The first kappa shape index (κ1) is 21.2. The van der Waals surface area contributed by atoms with Crippen LogP contribution in [0.15, 0.2) is 24.3 Å². The minimum atomic E-state index is -0.166. The van der Waals surface area contributed by atoms with Gasteiger partial charge in [-0.05, 0) is 33.5 Å². The lowest BCUT2D eigenvalue weighted by Gasteiger charge is -2.26. The Bertz CT molecular complexity index is 745. The number of urea groups is 1. The number of carbonyl (C=O) groups is 1. The van der Waals surface area contributed by atoms with Gasteiger partial charge in [-0.2, -0.15) is 0 Å². The maximum Gasteiger partial charge on any atom is 0.314 e. The van der Waals surface area contributed by atoms with Gasteiger partial charge in [-0.15, -0.1) is 11.3 Å². The number of amides is 2. The standard InChI is InChI=1S/C20H30N4O2S/c1-6-16-14(2)27-19(23-16)11-12-21-20(25)22-13-17(24(3)4)15-9-7-8-10-18(15)26-5/h7-10,17H,6,11-13H2,1-5H3,(H2,21,22,25). The van der Waals surface area contributed by atoms with Crippen LogP contribution in [0.25, 0.3) is 0 Å². The average molecular weight is 391 g/mol. The van der Waals surface area contributed by atoms with E-state index in [-0.39, 0.29) is 12.1 Å². The highest BCUT2D eigenvalue weighted by atomic mass is 32.1. The van der Waals surface area contributed by atoms with Gasteiger partial charge in [0, 0.05) is 30.0 Å². The van der Waals surface area contributed by atoms with Crippen molar-refractivity contribution in [1.29, 1.82) is 0 Å². The summed E-state index contributed by atoms with van der Waals surface area (Å²) in [6.45, 7) is 5.28. The number of benzene rings is 1. The fraction of sp³-hybridized carbons (Fsp3) is 0.500. The number of para-hydroxylation sites is 1. The fourth-order valence-electron chi connectivity index (χ4n) is 2.97. The summed E-state index contributed by atoms with van der Waals surface area (Å²) in [5.41, 5.74) is 2.21. The Morgan fingerprint density at radius 1 is 1.30 bits per heavy atom. The van der Waals surface area contributed by atoms with Crippen LogP contribution in [0.1, 0.15) is 34.1 Å². The Morgan fingerprint density at radius 2 is 2.04 bits per heavy atom. The van der Waals surface area contributed by atoms with Gasteiger partial charge in [0.05, 0.1) is 23.9 Å². The molecule has 0 aliphatic heterocycles. The number of nitrogens with one attached hydrogen (secondary N) is 2.